The van der Waals surface area contributed by atoms with E-state index in [1.807, 2.05) is 11.4 Å². The molecule has 0 aromatic heterocycles. The number of hydrogen-bond donors (Lipinski definition) is 9. The smallest absolute Gasteiger partial charge is 0.328 e. The number of carbonyl (C=O) groups is 4. The molecule has 4 atom stereocenters. The lowest BCUT2D eigenvalue weighted by Gasteiger charge is -2.24. The van der Waals surface area contributed by atoms with Gasteiger partial charge in [0.25, 0.3) is 0 Å². The number of aliphatic hydroxyl groups excluding tert-OH is 2. The summed E-state index contributed by atoms with van der Waals surface area (Å²) in [5.41, 5.74) is 17.4. The second kappa shape index (κ2) is 15.2. The summed E-state index contributed by atoms with van der Waals surface area (Å²) in [6, 6.07) is 3.72. The molecule has 0 saturated heterocycles. The Labute approximate surface area is 201 Å². The third-order valence-electron chi connectivity index (χ3n) is 4.83. The first-order valence-corrected chi connectivity index (χ1v) is 10.8. The molecule has 0 aliphatic heterocycles. The average Bonchev–Trinajstić information content (AvgIpc) is 2.82. The first-order valence-electron chi connectivity index (χ1n) is 10.8. The highest BCUT2D eigenvalue weighted by Gasteiger charge is 2.29. The van der Waals surface area contributed by atoms with Crippen molar-refractivity contribution >= 4 is 29.7 Å². The highest BCUT2D eigenvalue weighted by atomic mass is 16.4. The SMILES string of the molecule is NC(N)=NCCCC(NC(=O)C(N)Cc1ccccc1)C(=O)NC(CO)C(=O)NC(CO)C(=O)O. The fourth-order valence-corrected chi connectivity index (χ4v) is 2.94. The standard InChI is InChI=1S/C21H33N7O7/c22-13(9-12-5-2-1-3-6-12)17(31)26-14(7-4-8-25-21(23)24)18(32)27-15(10-29)19(33)28-16(11-30)20(34)35/h1-3,5-6,13-16,29-30H,4,7-11,22H2,(H,26,31)(H,27,32)(H,28,33)(H,34,35)(H4,23,24,25). The summed E-state index contributed by atoms with van der Waals surface area (Å²) in [5, 5.41) is 34.3. The topological polar surface area (TPSA) is 255 Å². The zero-order valence-electron chi connectivity index (χ0n) is 19.1. The summed E-state index contributed by atoms with van der Waals surface area (Å²) in [4.78, 5) is 52.6. The summed E-state index contributed by atoms with van der Waals surface area (Å²) >= 11 is 0. The van der Waals surface area contributed by atoms with Gasteiger partial charge in [0.15, 0.2) is 5.96 Å². The summed E-state index contributed by atoms with van der Waals surface area (Å²) in [6.07, 6.45) is 0.570. The van der Waals surface area contributed by atoms with Crippen LogP contribution in [0, 0.1) is 0 Å². The number of aliphatic imine (C=N–C) groups is 1. The molecule has 0 aliphatic carbocycles. The van der Waals surface area contributed by atoms with Crippen molar-refractivity contribution in [2.24, 2.45) is 22.2 Å². The average molecular weight is 496 g/mol. The first kappa shape index (κ1) is 29.3. The summed E-state index contributed by atoms with van der Waals surface area (Å²) in [7, 11) is 0. The molecule has 0 radical (unpaired) electrons. The molecule has 4 unspecified atom stereocenters. The normalized spacial score (nSPS) is 14.0. The van der Waals surface area contributed by atoms with Crippen LogP contribution in [-0.2, 0) is 25.6 Å². The molecule has 0 spiro atoms. The number of amides is 3. The molecule has 0 aliphatic rings. The van der Waals surface area contributed by atoms with Crippen molar-refractivity contribution in [3.63, 3.8) is 0 Å². The first-order chi connectivity index (χ1) is 16.6. The predicted octanol–water partition coefficient (Wildman–Crippen LogP) is -3.87. The number of nitrogens with two attached hydrogens (primary N) is 3. The number of aliphatic carboxylic acids is 1. The van der Waals surface area contributed by atoms with E-state index in [-0.39, 0.29) is 31.8 Å². The number of carbonyl (C=O) groups excluding carboxylic acids is 3. The van der Waals surface area contributed by atoms with E-state index in [1.54, 1.807) is 24.3 Å². The molecule has 1 rings (SSSR count). The molecule has 14 nitrogen and oxygen atoms in total. The van der Waals surface area contributed by atoms with Crippen LogP contribution < -0.4 is 33.2 Å². The Bertz CT molecular complexity index is 878. The van der Waals surface area contributed by atoms with Gasteiger partial charge in [-0.05, 0) is 24.8 Å². The van der Waals surface area contributed by atoms with Crippen LogP contribution in [0.5, 0.6) is 0 Å². The minimum atomic E-state index is -1.63. The minimum absolute atomic E-state index is 0.0700. The van der Waals surface area contributed by atoms with Crippen LogP contribution in [0.3, 0.4) is 0 Å². The van der Waals surface area contributed by atoms with Crippen LogP contribution in [0.4, 0.5) is 0 Å². The van der Waals surface area contributed by atoms with Gasteiger partial charge in [0.05, 0.1) is 19.3 Å². The van der Waals surface area contributed by atoms with Gasteiger partial charge in [-0.1, -0.05) is 30.3 Å². The zero-order valence-corrected chi connectivity index (χ0v) is 19.1. The number of nitrogens with zero attached hydrogens (tertiary/aromatic N) is 1. The molecule has 1 aromatic rings. The van der Waals surface area contributed by atoms with Gasteiger partial charge in [0.2, 0.25) is 17.7 Å². The number of rotatable bonds is 15. The molecule has 0 saturated carbocycles. The molecule has 12 N–H and O–H groups in total. The molecule has 1 aromatic carbocycles. The molecule has 14 heteroatoms. The number of carboxylic acid groups (broad SMARTS) is 1. The van der Waals surface area contributed by atoms with Crippen molar-refractivity contribution in [1.29, 1.82) is 0 Å². The fraction of sp³-hybridized carbons (Fsp3) is 0.476. The summed E-state index contributed by atoms with van der Waals surface area (Å²) in [6.45, 7) is -1.59. The van der Waals surface area contributed by atoms with Gasteiger partial charge in [0, 0.05) is 6.54 Å². The quantitative estimate of drug-likeness (QED) is 0.0649. The molecule has 0 heterocycles. The number of hydrogen-bond acceptors (Lipinski definition) is 8. The largest absolute Gasteiger partial charge is 0.480 e. The fourth-order valence-electron chi connectivity index (χ4n) is 2.94. The molecular weight excluding hydrogens is 462 g/mol. The van der Waals surface area contributed by atoms with Gasteiger partial charge in [-0.15, -0.1) is 0 Å². The van der Waals surface area contributed by atoms with E-state index in [4.69, 9.17) is 27.4 Å². The van der Waals surface area contributed by atoms with Gasteiger partial charge < -0.3 is 48.5 Å². The van der Waals surface area contributed by atoms with Crippen molar-refractivity contribution < 1.29 is 34.5 Å². The van der Waals surface area contributed by atoms with Gasteiger partial charge >= 0.3 is 5.97 Å². The molecular formula is C21H33N7O7. The maximum absolute atomic E-state index is 12.8. The van der Waals surface area contributed by atoms with Gasteiger partial charge in [-0.2, -0.15) is 0 Å². The molecule has 3 amide bonds. The zero-order chi connectivity index (χ0) is 26.4. The number of aliphatic hydroxyl groups is 2. The highest BCUT2D eigenvalue weighted by Crippen LogP contribution is 2.05. The summed E-state index contributed by atoms with van der Waals surface area (Å²) < 4.78 is 0. The Hall–Kier alpha value is -3.75. The summed E-state index contributed by atoms with van der Waals surface area (Å²) in [5.74, 6) is -4.12. The van der Waals surface area contributed by atoms with Crippen LogP contribution in [0.1, 0.15) is 18.4 Å². The van der Waals surface area contributed by atoms with E-state index in [1.165, 1.54) is 0 Å². The van der Waals surface area contributed by atoms with E-state index in [9.17, 15) is 24.3 Å². The maximum atomic E-state index is 12.8. The van der Waals surface area contributed by atoms with Gasteiger partial charge in [-0.25, -0.2) is 4.79 Å². The van der Waals surface area contributed by atoms with Crippen LogP contribution in [0.25, 0.3) is 0 Å². The predicted molar refractivity (Wildman–Crippen MR) is 126 cm³/mol. The number of guanidine groups is 1. The van der Waals surface area contributed by atoms with E-state index in [2.05, 4.69) is 15.6 Å². The monoisotopic (exact) mass is 495 g/mol. The lowest BCUT2D eigenvalue weighted by atomic mass is 10.0. The Morgan fingerprint density at radius 3 is 1.94 bits per heavy atom. The van der Waals surface area contributed by atoms with Crippen LogP contribution in [0.2, 0.25) is 0 Å². The molecule has 194 valence electrons. The highest BCUT2D eigenvalue weighted by molar-refractivity contribution is 5.94. The van der Waals surface area contributed by atoms with E-state index in [0.717, 1.165) is 5.56 Å². The lowest BCUT2D eigenvalue weighted by molar-refractivity contribution is -0.143. The second-order valence-electron chi connectivity index (χ2n) is 7.63. The third-order valence-corrected chi connectivity index (χ3v) is 4.83. The number of carboxylic acids is 1. The van der Waals surface area contributed by atoms with E-state index in [0.29, 0.717) is 0 Å². The van der Waals surface area contributed by atoms with Crippen molar-refractivity contribution in [3.05, 3.63) is 35.9 Å². The lowest BCUT2D eigenvalue weighted by Crippen LogP contribution is -2.58. The van der Waals surface area contributed by atoms with Crippen LogP contribution in [-0.4, -0.2) is 88.9 Å². The molecule has 0 fully saturated rings. The van der Waals surface area contributed by atoms with Crippen molar-refractivity contribution in [1.82, 2.24) is 16.0 Å². The Kier molecular flexibility index (Phi) is 12.7. The van der Waals surface area contributed by atoms with E-state index < -0.39 is 61.1 Å². The minimum Gasteiger partial charge on any atom is -0.480 e. The second-order valence-corrected chi connectivity index (χ2v) is 7.63. The van der Waals surface area contributed by atoms with Crippen LogP contribution in [0.15, 0.2) is 35.3 Å². The molecule has 0 bridgehead atoms. The Morgan fingerprint density at radius 1 is 0.857 bits per heavy atom. The van der Waals surface area contributed by atoms with Crippen molar-refractivity contribution in [3.8, 4) is 0 Å². The Balaban J connectivity index is 2.88. The number of nitrogens with one attached hydrogen (secondary N) is 3. The van der Waals surface area contributed by atoms with Crippen molar-refractivity contribution in [2.45, 2.75) is 43.4 Å². The van der Waals surface area contributed by atoms with Gasteiger partial charge in [-0.3, -0.25) is 19.4 Å². The number of benzene rings is 1. The van der Waals surface area contributed by atoms with Crippen molar-refractivity contribution in [2.75, 3.05) is 19.8 Å². The van der Waals surface area contributed by atoms with Gasteiger partial charge in [0.1, 0.15) is 18.1 Å². The molecule has 35 heavy (non-hydrogen) atoms. The van der Waals surface area contributed by atoms with E-state index >= 15 is 0 Å². The van der Waals surface area contributed by atoms with Crippen LogP contribution >= 0.6 is 0 Å². The third kappa shape index (κ3) is 10.8. The Morgan fingerprint density at radius 2 is 1.40 bits per heavy atom. The maximum Gasteiger partial charge on any atom is 0.328 e.